The van der Waals surface area contributed by atoms with E-state index in [2.05, 4.69) is 64.0 Å². The number of aromatic nitrogens is 4. The van der Waals surface area contributed by atoms with Crippen molar-refractivity contribution in [3.63, 3.8) is 0 Å². The van der Waals surface area contributed by atoms with Crippen molar-refractivity contribution in [2.75, 3.05) is 11.9 Å². The summed E-state index contributed by atoms with van der Waals surface area (Å²) in [6.45, 7) is 4.90. The maximum atomic E-state index is 13.2. The molecule has 2 heterocycles. The predicted octanol–water partition coefficient (Wildman–Crippen LogP) is 4.26. The Kier molecular flexibility index (Phi) is 6.90. The Balaban J connectivity index is 1.46. The molecule has 2 N–H and O–H groups in total. The number of hydrogen-bond acceptors (Lipinski definition) is 5. The molecule has 0 saturated heterocycles. The molecule has 0 bridgehead atoms. The van der Waals surface area contributed by atoms with Gasteiger partial charge in [0.25, 0.3) is 0 Å². The van der Waals surface area contributed by atoms with Crippen molar-refractivity contribution in [3.05, 3.63) is 95.8 Å². The maximum Gasteiger partial charge on any atom is 0.247 e. The second-order valence-corrected chi connectivity index (χ2v) is 8.26. The highest BCUT2D eigenvalue weighted by Gasteiger charge is 2.21. The molecule has 2 aromatic heterocycles. The highest BCUT2D eigenvalue weighted by atomic mass is 16.2. The Morgan fingerprint density at radius 1 is 1.00 bits per heavy atom. The Morgan fingerprint density at radius 3 is 2.39 bits per heavy atom. The molecule has 0 radical (unpaired) electrons. The first-order valence-electron chi connectivity index (χ1n) is 11.0. The zero-order valence-electron chi connectivity index (χ0n) is 19.1. The van der Waals surface area contributed by atoms with Crippen LogP contribution in [-0.2, 0) is 11.8 Å². The van der Waals surface area contributed by atoms with Crippen molar-refractivity contribution in [3.8, 4) is 11.3 Å². The van der Waals surface area contributed by atoms with E-state index in [4.69, 9.17) is 0 Å². The van der Waals surface area contributed by atoms with Gasteiger partial charge in [-0.2, -0.15) is 0 Å². The van der Waals surface area contributed by atoms with E-state index < -0.39 is 6.04 Å². The van der Waals surface area contributed by atoms with E-state index >= 15 is 0 Å². The van der Waals surface area contributed by atoms with Crippen LogP contribution in [0.3, 0.4) is 0 Å². The van der Waals surface area contributed by atoms with Crippen molar-refractivity contribution < 1.29 is 4.79 Å². The van der Waals surface area contributed by atoms with Crippen LogP contribution in [-0.4, -0.2) is 32.4 Å². The Morgan fingerprint density at radius 2 is 1.76 bits per heavy atom. The van der Waals surface area contributed by atoms with E-state index in [1.165, 1.54) is 11.1 Å². The number of carbonyl (C=O) groups excluding carboxylic acids is 1. The highest BCUT2D eigenvalue weighted by molar-refractivity contribution is 5.94. The van der Waals surface area contributed by atoms with Crippen LogP contribution in [0.5, 0.6) is 0 Å². The largest absolute Gasteiger partial charge is 0.309 e. The molecule has 0 aliphatic rings. The summed E-state index contributed by atoms with van der Waals surface area (Å²) in [5.41, 5.74) is 4.95. The van der Waals surface area contributed by atoms with E-state index in [0.717, 1.165) is 16.8 Å². The molecule has 2 atom stereocenters. The number of pyridine rings is 1. The first-order chi connectivity index (χ1) is 16.0. The molecule has 0 aliphatic carbocycles. The molecule has 0 spiro atoms. The van der Waals surface area contributed by atoms with Gasteiger partial charge in [0.2, 0.25) is 5.91 Å². The lowest BCUT2D eigenvalue weighted by atomic mass is 9.98. The molecular formula is C26H28N6O. The number of hydrogen-bond donors (Lipinski definition) is 2. The SMILES string of the molecule is Cc1ccc(C(C)CN[C@@H](C(=O)Nc2ccc(-c3cn(C)nn3)cn2)c2ccccc2)cc1. The van der Waals surface area contributed by atoms with Crippen LogP contribution in [0.25, 0.3) is 11.3 Å². The van der Waals surface area contributed by atoms with Crippen LogP contribution in [0, 0.1) is 6.92 Å². The zero-order valence-corrected chi connectivity index (χ0v) is 19.1. The van der Waals surface area contributed by atoms with Crippen molar-refractivity contribution in [2.24, 2.45) is 7.05 Å². The minimum absolute atomic E-state index is 0.156. The van der Waals surface area contributed by atoms with Crippen molar-refractivity contribution in [1.82, 2.24) is 25.3 Å². The van der Waals surface area contributed by atoms with Crippen LogP contribution >= 0.6 is 0 Å². The number of aryl methyl sites for hydroxylation is 2. The summed E-state index contributed by atoms with van der Waals surface area (Å²) in [4.78, 5) is 17.6. The summed E-state index contributed by atoms with van der Waals surface area (Å²) in [6.07, 6.45) is 3.50. The molecule has 1 unspecified atom stereocenters. The first kappa shape index (κ1) is 22.4. The number of rotatable bonds is 8. The summed E-state index contributed by atoms with van der Waals surface area (Å²) in [6, 6.07) is 21.4. The average Bonchev–Trinajstić information content (AvgIpc) is 3.27. The molecular weight excluding hydrogens is 412 g/mol. The van der Waals surface area contributed by atoms with Crippen LogP contribution < -0.4 is 10.6 Å². The van der Waals surface area contributed by atoms with Gasteiger partial charge < -0.3 is 10.6 Å². The molecule has 0 aliphatic heterocycles. The normalized spacial score (nSPS) is 12.8. The number of amides is 1. The van der Waals surface area contributed by atoms with Gasteiger partial charge in [0.05, 0.1) is 6.20 Å². The predicted molar refractivity (Wildman–Crippen MR) is 130 cm³/mol. The summed E-state index contributed by atoms with van der Waals surface area (Å²) in [5, 5.41) is 14.4. The van der Waals surface area contributed by atoms with E-state index in [0.29, 0.717) is 12.4 Å². The van der Waals surface area contributed by atoms with Crippen molar-refractivity contribution in [1.29, 1.82) is 0 Å². The summed E-state index contributed by atoms with van der Waals surface area (Å²) in [5.74, 6) is 0.591. The first-order valence-corrected chi connectivity index (χ1v) is 11.0. The molecule has 168 valence electrons. The number of carbonyl (C=O) groups is 1. The number of anilines is 1. The topological polar surface area (TPSA) is 84.7 Å². The van der Waals surface area contributed by atoms with Gasteiger partial charge in [-0.25, -0.2) is 4.98 Å². The number of benzene rings is 2. The standard InChI is InChI=1S/C26H28N6O/c1-18-9-11-20(12-10-18)19(2)15-28-25(21-7-5-4-6-8-21)26(33)29-24-14-13-22(16-27-24)23-17-32(3)31-30-23/h4-14,16-17,19,25,28H,15H2,1-3H3,(H,27,29,33)/t19?,25-/m1/s1. The van der Waals surface area contributed by atoms with E-state index in [-0.39, 0.29) is 11.8 Å². The van der Waals surface area contributed by atoms with Gasteiger partial charge in [-0.15, -0.1) is 5.10 Å². The maximum absolute atomic E-state index is 13.2. The molecule has 33 heavy (non-hydrogen) atoms. The summed E-state index contributed by atoms with van der Waals surface area (Å²) >= 11 is 0. The zero-order chi connectivity index (χ0) is 23.2. The number of nitrogens with one attached hydrogen (secondary N) is 2. The third kappa shape index (κ3) is 5.70. The van der Waals surface area contributed by atoms with E-state index in [1.54, 1.807) is 16.9 Å². The van der Waals surface area contributed by atoms with Crippen molar-refractivity contribution >= 4 is 11.7 Å². The minimum Gasteiger partial charge on any atom is -0.309 e. The minimum atomic E-state index is -0.499. The second-order valence-electron chi connectivity index (χ2n) is 8.26. The highest BCUT2D eigenvalue weighted by Crippen LogP contribution is 2.21. The van der Waals surface area contributed by atoms with Gasteiger partial charge in [0.15, 0.2) is 0 Å². The number of nitrogens with zero attached hydrogens (tertiary/aromatic N) is 4. The molecule has 7 nitrogen and oxygen atoms in total. The van der Waals surface area contributed by atoms with Gasteiger partial charge in [0, 0.05) is 25.4 Å². The lowest BCUT2D eigenvalue weighted by Crippen LogP contribution is -2.35. The summed E-state index contributed by atoms with van der Waals surface area (Å²) < 4.78 is 1.64. The fraction of sp³-hybridized carbons (Fsp3) is 0.231. The van der Waals surface area contributed by atoms with Gasteiger partial charge in [-0.3, -0.25) is 9.48 Å². The van der Waals surface area contributed by atoms with Gasteiger partial charge in [0.1, 0.15) is 17.6 Å². The third-order valence-electron chi connectivity index (χ3n) is 5.58. The van der Waals surface area contributed by atoms with Gasteiger partial charge in [-0.05, 0) is 36.1 Å². The van der Waals surface area contributed by atoms with Crippen LogP contribution in [0.15, 0.2) is 79.1 Å². The average molecular weight is 441 g/mol. The Hall–Kier alpha value is -3.84. The molecule has 7 heteroatoms. The van der Waals surface area contributed by atoms with Crippen LogP contribution in [0.1, 0.15) is 35.6 Å². The van der Waals surface area contributed by atoms with E-state index in [9.17, 15) is 4.79 Å². The molecule has 0 saturated carbocycles. The van der Waals surface area contributed by atoms with Crippen LogP contribution in [0.4, 0.5) is 5.82 Å². The lowest BCUT2D eigenvalue weighted by Gasteiger charge is -2.21. The molecule has 2 aromatic carbocycles. The summed E-state index contributed by atoms with van der Waals surface area (Å²) in [7, 11) is 1.81. The third-order valence-corrected chi connectivity index (χ3v) is 5.58. The van der Waals surface area contributed by atoms with Gasteiger partial charge in [-0.1, -0.05) is 72.3 Å². The lowest BCUT2D eigenvalue weighted by molar-refractivity contribution is -0.118. The fourth-order valence-corrected chi connectivity index (χ4v) is 3.61. The smallest absolute Gasteiger partial charge is 0.247 e. The Bertz CT molecular complexity index is 1190. The quantitative estimate of drug-likeness (QED) is 0.428. The fourth-order valence-electron chi connectivity index (χ4n) is 3.61. The molecule has 1 amide bonds. The van der Waals surface area contributed by atoms with Crippen LogP contribution in [0.2, 0.25) is 0 Å². The van der Waals surface area contributed by atoms with Gasteiger partial charge >= 0.3 is 0 Å². The monoisotopic (exact) mass is 440 g/mol. The molecule has 4 rings (SSSR count). The Labute approximate surface area is 193 Å². The second kappa shape index (κ2) is 10.2. The van der Waals surface area contributed by atoms with Crippen molar-refractivity contribution in [2.45, 2.75) is 25.8 Å². The van der Waals surface area contributed by atoms with E-state index in [1.807, 2.05) is 49.6 Å². The molecule has 0 fully saturated rings. The molecule has 4 aromatic rings.